The Hall–Kier alpha value is -1.32. The maximum atomic E-state index is 4.74. The van der Waals surface area contributed by atoms with Gasteiger partial charge in [-0.1, -0.05) is 13.8 Å². The number of nitrogens with zero attached hydrogens (tertiary/aromatic N) is 3. The lowest BCUT2D eigenvalue weighted by atomic mass is 10.0. The second-order valence-corrected chi connectivity index (χ2v) is 5.50. The number of anilines is 2. The molecule has 0 amide bonds. The second kappa shape index (κ2) is 6.73. The Morgan fingerprint density at radius 1 is 1.37 bits per heavy atom. The van der Waals surface area contributed by atoms with Crippen LogP contribution in [0.4, 0.5) is 11.6 Å². The molecule has 106 valence electrons. The molecule has 0 aromatic carbocycles. The van der Waals surface area contributed by atoms with Crippen LogP contribution in [0.3, 0.4) is 0 Å². The molecule has 2 heterocycles. The van der Waals surface area contributed by atoms with Crippen molar-refractivity contribution in [2.45, 2.75) is 46.5 Å². The van der Waals surface area contributed by atoms with Crippen LogP contribution in [-0.2, 0) is 6.42 Å². The van der Waals surface area contributed by atoms with E-state index in [1.807, 2.05) is 0 Å². The van der Waals surface area contributed by atoms with E-state index in [1.165, 1.54) is 12.8 Å². The van der Waals surface area contributed by atoms with Gasteiger partial charge in [-0.2, -0.15) is 0 Å². The fourth-order valence-corrected chi connectivity index (χ4v) is 2.65. The molecule has 0 aliphatic carbocycles. The number of piperidine rings is 1. The Labute approximate surface area is 116 Å². The highest BCUT2D eigenvalue weighted by atomic mass is 15.2. The molecule has 4 heteroatoms. The number of nitrogens with one attached hydrogen (secondary N) is 1. The van der Waals surface area contributed by atoms with Crippen molar-refractivity contribution < 1.29 is 0 Å². The summed E-state index contributed by atoms with van der Waals surface area (Å²) < 4.78 is 0. The molecule has 1 aliphatic heterocycles. The number of hydrogen-bond acceptors (Lipinski definition) is 4. The summed E-state index contributed by atoms with van der Waals surface area (Å²) in [5, 5.41) is 3.32. The van der Waals surface area contributed by atoms with Crippen LogP contribution in [0.25, 0.3) is 0 Å². The Kier molecular flexibility index (Phi) is 5.00. The average Bonchev–Trinajstić information content (AvgIpc) is 2.39. The smallest absolute Gasteiger partial charge is 0.134 e. The molecule has 1 aliphatic rings. The quantitative estimate of drug-likeness (QED) is 0.885. The number of aromatic nitrogens is 2. The van der Waals surface area contributed by atoms with Gasteiger partial charge in [-0.15, -0.1) is 0 Å². The number of rotatable bonds is 5. The van der Waals surface area contributed by atoms with Crippen LogP contribution in [0.1, 0.15) is 45.9 Å². The Bertz CT molecular complexity index is 381. The third-order valence-electron chi connectivity index (χ3n) is 3.57. The SMILES string of the molecule is CCCc1nc(NCC)cc(N2CCCC(C)C2)n1. The van der Waals surface area contributed by atoms with E-state index in [0.717, 1.165) is 55.9 Å². The lowest BCUT2D eigenvalue weighted by Gasteiger charge is -2.32. The minimum Gasteiger partial charge on any atom is -0.370 e. The van der Waals surface area contributed by atoms with Crippen molar-refractivity contribution in [1.82, 2.24) is 9.97 Å². The van der Waals surface area contributed by atoms with Crippen LogP contribution in [0, 0.1) is 5.92 Å². The zero-order valence-electron chi connectivity index (χ0n) is 12.4. The van der Waals surface area contributed by atoms with Crippen LogP contribution in [0.2, 0.25) is 0 Å². The van der Waals surface area contributed by atoms with Crippen LogP contribution < -0.4 is 10.2 Å². The lowest BCUT2D eigenvalue weighted by molar-refractivity contribution is 0.444. The Morgan fingerprint density at radius 2 is 2.21 bits per heavy atom. The van der Waals surface area contributed by atoms with Crippen molar-refractivity contribution >= 4 is 11.6 Å². The summed E-state index contributed by atoms with van der Waals surface area (Å²) in [6.07, 6.45) is 4.65. The third-order valence-corrected chi connectivity index (χ3v) is 3.57. The van der Waals surface area contributed by atoms with Crippen molar-refractivity contribution in [3.05, 3.63) is 11.9 Å². The highest BCUT2D eigenvalue weighted by Crippen LogP contribution is 2.23. The summed E-state index contributed by atoms with van der Waals surface area (Å²) in [6, 6.07) is 2.10. The van der Waals surface area contributed by atoms with Gasteiger partial charge in [0.15, 0.2) is 0 Å². The van der Waals surface area contributed by atoms with Crippen LogP contribution in [-0.4, -0.2) is 29.6 Å². The average molecular weight is 262 g/mol. The summed E-state index contributed by atoms with van der Waals surface area (Å²) in [7, 11) is 0. The molecule has 1 atom stereocenters. The van der Waals surface area contributed by atoms with Crippen molar-refractivity contribution in [2.75, 3.05) is 29.9 Å². The molecule has 1 aromatic rings. The molecule has 0 spiro atoms. The van der Waals surface area contributed by atoms with E-state index in [4.69, 9.17) is 4.98 Å². The van der Waals surface area contributed by atoms with Gasteiger partial charge in [-0.3, -0.25) is 0 Å². The standard InChI is InChI=1S/C15H26N4/c1-4-7-13-17-14(16-5-2)10-15(18-13)19-9-6-8-12(3)11-19/h10,12H,4-9,11H2,1-3H3,(H,16,17,18). The van der Waals surface area contributed by atoms with Gasteiger partial charge in [0.2, 0.25) is 0 Å². The molecule has 2 rings (SSSR count). The van der Waals surface area contributed by atoms with E-state index in [2.05, 4.69) is 42.0 Å². The fraction of sp³-hybridized carbons (Fsp3) is 0.733. The zero-order chi connectivity index (χ0) is 13.7. The third kappa shape index (κ3) is 3.82. The molecule has 1 saturated heterocycles. The summed E-state index contributed by atoms with van der Waals surface area (Å²) in [5.41, 5.74) is 0. The van der Waals surface area contributed by atoms with E-state index in [1.54, 1.807) is 0 Å². The molecule has 0 saturated carbocycles. The molecule has 0 radical (unpaired) electrons. The highest BCUT2D eigenvalue weighted by molar-refractivity contribution is 5.49. The van der Waals surface area contributed by atoms with Gasteiger partial charge in [0, 0.05) is 32.1 Å². The molecule has 0 bridgehead atoms. The minimum absolute atomic E-state index is 0.765. The van der Waals surface area contributed by atoms with E-state index in [0.29, 0.717) is 0 Å². The zero-order valence-corrected chi connectivity index (χ0v) is 12.4. The van der Waals surface area contributed by atoms with Gasteiger partial charge >= 0.3 is 0 Å². The summed E-state index contributed by atoms with van der Waals surface area (Å²) in [6.45, 7) is 9.74. The molecule has 1 aromatic heterocycles. The van der Waals surface area contributed by atoms with Crippen molar-refractivity contribution in [3.8, 4) is 0 Å². The maximum Gasteiger partial charge on any atom is 0.134 e. The van der Waals surface area contributed by atoms with Crippen molar-refractivity contribution in [1.29, 1.82) is 0 Å². The number of aryl methyl sites for hydroxylation is 1. The first-order chi connectivity index (χ1) is 9.22. The second-order valence-electron chi connectivity index (χ2n) is 5.50. The lowest BCUT2D eigenvalue weighted by Crippen LogP contribution is -2.35. The Balaban J connectivity index is 2.21. The molecule has 1 unspecified atom stereocenters. The van der Waals surface area contributed by atoms with Gasteiger partial charge < -0.3 is 10.2 Å². The van der Waals surface area contributed by atoms with E-state index >= 15 is 0 Å². The van der Waals surface area contributed by atoms with Crippen molar-refractivity contribution in [2.24, 2.45) is 5.92 Å². The summed E-state index contributed by atoms with van der Waals surface area (Å²) in [5.74, 6) is 3.80. The van der Waals surface area contributed by atoms with Gasteiger partial charge in [-0.05, 0) is 32.1 Å². The molecule has 1 N–H and O–H groups in total. The van der Waals surface area contributed by atoms with Gasteiger partial charge in [0.05, 0.1) is 0 Å². The molecule has 19 heavy (non-hydrogen) atoms. The van der Waals surface area contributed by atoms with Gasteiger partial charge in [-0.25, -0.2) is 9.97 Å². The first kappa shape index (κ1) is 14.1. The van der Waals surface area contributed by atoms with Crippen LogP contribution >= 0.6 is 0 Å². The van der Waals surface area contributed by atoms with E-state index in [-0.39, 0.29) is 0 Å². The first-order valence-electron chi connectivity index (χ1n) is 7.59. The van der Waals surface area contributed by atoms with E-state index < -0.39 is 0 Å². The van der Waals surface area contributed by atoms with Gasteiger partial charge in [0.1, 0.15) is 17.5 Å². The highest BCUT2D eigenvalue weighted by Gasteiger charge is 2.18. The molecule has 1 fully saturated rings. The minimum atomic E-state index is 0.765. The summed E-state index contributed by atoms with van der Waals surface area (Å²) >= 11 is 0. The monoisotopic (exact) mass is 262 g/mol. The topological polar surface area (TPSA) is 41.1 Å². The predicted octanol–water partition coefficient (Wildman–Crippen LogP) is 3.10. The molecule has 4 nitrogen and oxygen atoms in total. The van der Waals surface area contributed by atoms with E-state index in [9.17, 15) is 0 Å². The maximum absolute atomic E-state index is 4.74. The predicted molar refractivity (Wildman–Crippen MR) is 80.8 cm³/mol. The van der Waals surface area contributed by atoms with Crippen LogP contribution in [0.15, 0.2) is 6.07 Å². The summed E-state index contributed by atoms with van der Waals surface area (Å²) in [4.78, 5) is 11.7. The van der Waals surface area contributed by atoms with Crippen LogP contribution in [0.5, 0.6) is 0 Å². The van der Waals surface area contributed by atoms with Gasteiger partial charge in [0.25, 0.3) is 0 Å². The normalized spacial score (nSPS) is 19.5. The number of hydrogen-bond donors (Lipinski definition) is 1. The Morgan fingerprint density at radius 3 is 2.89 bits per heavy atom. The van der Waals surface area contributed by atoms with Crippen molar-refractivity contribution in [3.63, 3.8) is 0 Å². The molecular weight excluding hydrogens is 236 g/mol. The molecular formula is C15H26N4. The fourth-order valence-electron chi connectivity index (χ4n) is 2.65. The first-order valence-corrected chi connectivity index (χ1v) is 7.59. The largest absolute Gasteiger partial charge is 0.370 e.